The van der Waals surface area contributed by atoms with E-state index in [0.29, 0.717) is 16.6 Å². The Morgan fingerprint density at radius 3 is 1.83 bits per heavy atom. The van der Waals surface area contributed by atoms with Gasteiger partial charge in [-0.3, -0.25) is 0 Å². The van der Waals surface area contributed by atoms with Crippen LogP contribution in [0.15, 0.2) is 36.0 Å². The maximum absolute atomic E-state index is 4.22. The summed E-state index contributed by atoms with van der Waals surface area (Å²) in [7, 11) is -1.68. The quantitative estimate of drug-likeness (QED) is 0.284. The van der Waals surface area contributed by atoms with E-state index in [-0.39, 0.29) is 0 Å². The summed E-state index contributed by atoms with van der Waals surface area (Å²) in [6.45, 7) is 22.4. The third-order valence-corrected chi connectivity index (χ3v) is 11.9. The molecular weight excluding hydrogens is 292 g/mol. The lowest BCUT2D eigenvalue weighted by Crippen LogP contribution is -2.43. The molecule has 0 atom stereocenters. The summed E-state index contributed by atoms with van der Waals surface area (Å²) < 4.78 is 0. The van der Waals surface area contributed by atoms with Crippen LogP contribution < -0.4 is 0 Å². The Morgan fingerprint density at radius 2 is 1.43 bits per heavy atom. The maximum Gasteiger partial charge on any atom is 0.146 e. The minimum Gasteiger partial charge on any atom is -0.125 e. The third-order valence-electron chi connectivity index (χ3n) is 5.65. The number of rotatable bonds is 5. The molecule has 0 saturated heterocycles. The molecular formula is C22H36Si. The van der Waals surface area contributed by atoms with Gasteiger partial charge in [0.1, 0.15) is 8.07 Å². The molecule has 1 aliphatic rings. The van der Waals surface area contributed by atoms with Crippen LogP contribution in [0.5, 0.6) is 0 Å². The summed E-state index contributed by atoms with van der Waals surface area (Å²) in [5.41, 5.74) is 9.63. The molecule has 0 aliphatic heterocycles. The molecule has 0 aromatic rings. The van der Waals surface area contributed by atoms with Crippen molar-refractivity contribution in [1.82, 2.24) is 0 Å². The molecule has 0 N–H and O–H groups in total. The number of hydrogen-bond acceptors (Lipinski definition) is 0. The van der Waals surface area contributed by atoms with E-state index in [9.17, 15) is 0 Å². The molecule has 23 heavy (non-hydrogen) atoms. The van der Waals surface area contributed by atoms with Gasteiger partial charge in [0.25, 0.3) is 0 Å². The average molecular weight is 329 g/mol. The van der Waals surface area contributed by atoms with Gasteiger partial charge >= 0.3 is 0 Å². The van der Waals surface area contributed by atoms with Gasteiger partial charge in [0.15, 0.2) is 0 Å². The van der Waals surface area contributed by atoms with Crippen LogP contribution >= 0.6 is 0 Å². The summed E-state index contributed by atoms with van der Waals surface area (Å²) >= 11 is 0. The monoisotopic (exact) mass is 328 g/mol. The van der Waals surface area contributed by atoms with E-state index in [2.05, 4.69) is 66.2 Å². The van der Waals surface area contributed by atoms with E-state index in [1.165, 1.54) is 43.3 Å². The normalized spacial score (nSPS) is 15.6. The van der Waals surface area contributed by atoms with E-state index < -0.39 is 8.07 Å². The lowest BCUT2D eigenvalue weighted by Gasteiger charge is -2.38. The van der Waals surface area contributed by atoms with Crippen molar-refractivity contribution in [1.29, 1.82) is 0 Å². The average Bonchev–Trinajstić information content (AvgIpc) is 2.50. The second-order valence-electron chi connectivity index (χ2n) is 7.92. The largest absolute Gasteiger partial charge is 0.146 e. The summed E-state index contributed by atoms with van der Waals surface area (Å²) in [5, 5.41) is 0. The molecule has 0 unspecified atom stereocenters. The van der Waals surface area contributed by atoms with Gasteiger partial charge in [0.05, 0.1) is 0 Å². The molecule has 0 radical (unpaired) electrons. The SMILES string of the molecule is C=CC(=C)C(C#C[Si](C(C)C)(C(C)C)C(C)C)=C1CCCCC1. The molecule has 0 nitrogen and oxygen atoms in total. The lowest BCUT2D eigenvalue weighted by atomic mass is 9.89. The Labute approximate surface area is 146 Å². The highest BCUT2D eigenvalue weighted by molar-refractivity contribution is 6.90. The zero-order valence-corrected chi connectivity index (χ0v) is 17.3. The topological polar surface area (TPSA) is 0 Å². The van der Waals surface area contributed by atoms with Crippen molar-refractivity contribution < 1.29 is 0 Å². The molecule has 0 aromatic heterocycles. The van der Waals surface area contributed by atoms with Crippen LogP contribution in [0.1, 0.15) is 73.6 Å². The fourth-order valence-corrected chi connectivity index (χ4v) is 9.54. The van der Waals surface area contributed by atoms with Crippen molar-refractivity contribution in [2.75, 3.05) is 0 Å². The summed E-state index contributed by atoms with van der Waals surface area (Å²) in [6, 6.07) is 0. The first-order chi connectivity index (χ1) is 10.8. The van der Waals surface area contributed by atoms with Crippen LogP contribution in [0, 0.1) is 11.5 Å². The van der Waals surface area contributed by atoms with Gasteiger partial charge < -0.3 is 0 Å². The lowest BCUT2D eigenvalue weighted by molar-refractivity contribution is 0.596. The predicted molar refractivity (Wildman–Crippen MR) is 108 cm³/mol. The minimum absolute atomic E-state index is 0.671. The highest BCUT2D eigenvalue weighted by Crippen LogP contribution is 2.41. The first-order valence-corrected chi connectivity index (χ1v) is 11.6. The zero-order valence-electron chi connectivity index (χ0n) is 16.3. The molecule has 1 aliphatic carbocycles. The van der Waals surface area contributed by atoms with Crippen molar-refractivity contribution in [3.8, 4) is 11.5 Å². The second-order valence-corrected chi connectivity index (χ2v) is 13.5. The summed E-state index contributed by atoms with van der Waals surface area (Å²) in [6.07, 6.45) is 8.22. The molecule has 128 valence electrons. The predicted octanol–water partition coefficient (Wildman–Crippen LogP) is 7.21. The van der Waals surface area contributed by atoms with Crippen LogP contribution in [0.2, 0.25) is 16.6 Å². The maximum atomic E-state index is 4.22. The molecule has 0 spiro atoms. The van der Waals surface area contributed by atoms with E-state index in [4.69, 9.17) is 0 Å². The standard InChI is InChI=1S/C22H36Si/c1-9-20(8)22(21-13-11-10-12-14-21)15-16-23(17(2)3,18(4)5)19(6)7/h9,17-19H,1,8,10-14H2,2-7H3. The molecule has 0 bridgehead atoms. The van der Waals surface area contributed by atoms with Gasteiger partial charge in [-0.25, -0.2) is 0 Å². The highest BCUT2D eigenvalue weighted by Gasteiger charge is 2.41. The minimum atomic E-state index is -1.68. The smallest absolute Gasteiger partial charge is 0.125 e. The molecule has 0 amide bonds. The molecule has 1 heteroatoms. The Balaban J connectivity index is 3.39. The Morgan fingerprint density at radius 1 is 0.957 bits per heavy atom. The van der Waals surface area contributed by atoms with Crippen LogP contribution in [0.4, 0.5) is 0 Å². The van der Waals surface area contributed by atoms with Gasteiger partial charge in [0, 0.05) is 5.57 Å². The molecule has 0 heterocycles. The van der Waals surface area contributed by atoms with Crippen molar-refractivity contribution in [2.45, 2.75) is 90.3 Å². The summed E-state index contributed by atoms with van der Waals surface area (Å²) in [4.78, 5) is 0. The molecule has 0 aromatic carbocycles. The van der Waals surface area contributed by atoms with Crippen LogP contribution in [-0.4, -0.2) is 8.07 Å². The number of hydrogen-bond donors (Lipinski definition) is 0. The fourth-order valence-electron chi connectivity index (χ4n) is 4.33. The molecule has 1 fully saturated rings. The van der Waals surface area contributed by atoms with Gasteiger partial charge in [-0.1, -0.05) is 78.7 Å². The molecule has 1 saturated carbocycles. The fraction of sp³-hybridized carbons (Fsp3) is 0.636. The van der Waals surface area contributed by atoms with Gasteiger partial charge in [-0.05, 0) is 47.9 Å². The van der Waals surface area contributed by atoms with Crippen molar-refractivity contribution >= 4 is 8.07 Å². The van der Waals surface area contributed by atoms with E-state index in [0.717, 1.165) is 5.57 Å². The zero-order chi connectivity index (χ0) is 17.6. The van der Waals surface area contributed by atoms with E-state index in [1.54, 1.807) is 0 Å². The van der Waals surface area contributed by atoms with Gasteiger partial charge in [-0.2, -0.15) is 0 Å². The van der Waals surface area contributed by atoms with E-state index in [1.807, 2.05) is 6.08 Å². The third kappa shape index (κ3) is 4.51. The summed E-state index contributed by atoms with van der Waals surface area (Å²) in [5.74, 6) is 3.65. The van der Waals surface area contributed by atoms with Crippen molar-refractivity contribution in [3.63, 3.8) is 0 Å². The Hall–Kier alpha value is -1.00. The van der Waals surface area contributed by atoms with E-state index >= 15 is 0 Å². The second kappa shape index (κ2) is 8.74. The van der Waals surface area contributed by atoms with Crippen LogP contribution in [0.3, 0.4) is 0 Å². The molecule has 1 rings (SSSR count). The first kappa shape index (κ1) is 20.0. The Kier molecular flexibility index (Phi) is 7.61. The van der Waals surface area contributed by atoms with Crippen LogP contribution in [-0.2, 0) is 0 Å². The van der Waals surface area contributed by atoms with Gasteiger partial charge in [0.2, 0.25) is 0 Å². The van der Waals surface area contributed by atoms with Crippen LogP contribution in [0.25, 0.3) is 0 Å². The van der Waals surface area contributed by atoms with Crippen molar-refractivity contribution in [2.24, 2.45) is 0 Å². The Bertz CT molecular complexity index is 490. The highest BCUT2D eigenvalue weighted by atomic mass is 28.3. The first-order valence-electron chi connectivity index (χ1n) is 9.34. The number of allylic oxidation sites excluding steroid dienone is 4. The van der Waals surface area contributed by atoms with Gasteiger partial charge in [-0.15, -0.1) is 5.54 Å². The van der Waals surface area contributed by atoms with Crippen molar-refractivity contribution in [3.05, 3.63) is 36.0 Å².